The van der Waals surface area contributed by atoms with Gasteiger partial charge in [0.1, 0.15) is 0 Å². The average Bonchev–Trinajstić information content (AvgIpc) is 2.76. The quantitative estimate of drug-likeness (QED) is 0.898. The lowest BCUT2D eigenvalue weighted by Gasteiger charge is -2.26. The number of sulfone groups is 1. The van der Waals surface area contributed by atoms with E-state index in [0.29, 0.717) is 27.8 Å². The van der Waals surface area contributed by atoms with Crippen molar-refractivity contribution >= 4 is 15.5 Å². The van der Waals surface area contributed by atoms with Crippen LogP contribution in [0.5, 0.6) is 0 Å². The molecule has 2 aliphatic rings. The van der Waals surface area contributed by atoms with Crippen LogP contribution in [0.2, 0.25) is 0 Å². The van der Waals surface area contributed by atoms with Gasteiger partial charge in [-0.05, 0) is 62.2 Å². The van der Waals surface area contributed by atoms with Gasteiger partial charge in [0, 0.05) is 30.7 Å². The van der Waals surface area contributed by atoms with Crippen molar-refractivity contribution in [3.8, 4) is 0 Å². The van der Waals surface area contributed by atoms with Gasteiger partial charge >= 0.3 is 0 Å². The highest BCUT2D eigenvalue weighted by Gasteiger charge is 2.39. The molecule has 2 aromatic rings. The maximum atomic E-state index is 13.0. The predicted octanol–water partition coefficient (Wildman–Crippen LogP) is 3.19. The van der Waals surface area contributed by atoms with Crippen LogP contribution < -0.4 is 10.2 Å². The smallest absolute Gasteiger partial charge is 0.206 e. The molecule has 2 aliphatic heterocycles. The fraction of sp³-hybridized carbons (Fsp3) is 0.400. The van der Waals surface area contributed by atoms with E-state index in [-0.39, 0.29) is 0 Å². The number of rotatable bonds is 2. The summed E-state index contributed by atoms with van der Waals surface area (Å²) < 4.78 is 25.9. The Morgan fingerprint density at radius 1 is 1.08 bits per heavy atom. The standard InChI is InChI=1S/C20H24N2O2S/c1-14-12-20-17(10-11-21-14)18-13-16(8-9-19(18)22(20)2)25(23,24)15-6-4-3-5-7-15/h3-9,13-14,17,20-21H,10-12H2,1-2H3/t14?,17-,20-/m0/s1. The van der Waals surface area contributed by atoms with E-state index in [1.165, 1.54) is 11.3 Å². The number of nitrogens with one attached hydrogen (secondary N) is 1. The van der Waals surface area contributed by atoms with E-state index in [9.17, 15) is 8.42 Å². The second kappa shape index (κ2) is 6.15. The van der Waals surface area contributed by atoms with Gasteiger partial charge in [0.2, 0.25) is 9.84 Å². The minimum absolute atomic E-state index is 0.356. The molecule has 4 rings (SSSR count). The topological polar surface area (TPSA) is 49.4 Å². The van der Waals surface area contributed by atoms with E-state index >= 15 is 0 Å². The van der Waals surface area contributed by atoms with Gasteiger partial charge in [0.25, 0.3) is 0 Å². The van der Waals surface area contributed by atoms with Crippen LogP contribution in [-0.4, -0.2) is 34.1 Å². The zero-order valence-electron chi connectivity index (χ0n) is 14.6. The van der Waals surface area contributed by atoms with E-state index in [1.807, 2.05) is 18.2 Å². The number of nitrogens with zero attached hydrogens (tertiary/aromatic N) is 1. The first kappa shape index (κ1) is 16.6. The second-order valence-electron chi connectivity index (χ2n) is 7.20. The van der Waals surface area contributed by atoms with E-state index < -0.39 is 9.84 Å². The molecule has 0 aliphatic carbocycles. The number of fused-ring (bicyclic) bond motifs is 3. The molecule has 132 valence electrons. The van der Waals surface area contributed by atoms with Crippen LogP contribution in [0.15, 0.2) is 58.3 Å². The summed E-state index contributed by atoms with van der Waals surface area (Å²) in [5.74, 6) is 0.392. The van der Waals surface area contributed by atoms with Crippen molar-refractivity contribution in [2.45, 2.75) is 47.6 Å². The lowest BCUT2D eigenvalue weighted by Crippen LogP contribution is -2.34. The Hall–Kier alpha value is -1.85. The molecular formula is C20H24N2O2S. The van der Waals surface area contributed by atoms with Gasteiger partial charge in [-0.2, -0.15) is 0 Å². The predicted molar refractivity (Wildman–Crippen MR) is 100.0 cm³/mol. The van der Waals surface area contributed by atoms with Gasteiger partial charge in [-0.1, -0.05) is 18.2 Å². The minimum atomic E-state index is -3.47. The third-order valence-corrected chi connectivity index (χ3v) is 7.41. The number of anilines is 1. The van der Waals surface area contributed by atoms with Gasteiger partial charge in [-0.25, -0.2) is 8.42 Å². The van der Waals surface area contributed by atoms with Crippen LogP contribution in [0.3, 0.4) is 0 Å². The summed E-state index contributed by atoms with van der Waals surface area (Å²) in [7, 11) is -1.34. The average molecular weight is 356 g/mol. The molecule has 4 nitrogen and oxygen atoms in total. The number of benzene rings is 2. The van der Waals surface area contributed by atoms with E-state index in [4.69, 9.17) is 0 Å². The molecule has 3 atom stereocenters. The molecule has 0 radical (unpaired) electrons. The second-order valence-corrected chi connectivity index (χ2v) is 9.15. The molecule has 1 unspecified atom stereocenters. The molecule has 0 saturated carbocycles. The zero-order valence-corrected chi connectivity index (χ0v) is 15.5. The summed E-state index contributed by atoms with van der Waals surface area (Å²) in [6, 6.07) is 15.3. The summed E-state index contributed by atoms with van der Waals surface area (Å²) in [6.07, 6.45) is 2.12. The summed E-state index contributed by atoms with van der Waals surface area (Å²) in [6.45, 7) is 3.20. The molecule has 1 N–H and O–H groups in total. The van der Waals surface area contributed by atoms with E-state index in [2.05, 4.69) is 24.2 Å². The molecule has 2 aromatic carbocycles. The molecule has 0 aromatic heterocycles. The molecule has 0 bridgehead atoms. The maximum Gasteiger partial charge on any atom is 0.206 e. The molecule has 1 saturated heterocycles. The highest BCUT2D eigenvalue weighted by Crippen LogP contribution is 2.45. The van der Waals surface area contributed by atoms with Crippen molar-refractivity contribution in [3.63, 3.8) is 0 Å². The van der Waals surface area contributed by atoms with Crippen LogP contribution in [0.25, 0.3) is 0 Å². The normalized spacial score (nSPS) is 26.0. The van der Waals surface area contributed by atoms with Gasteiger partial charge < -0.3 is 10.2 Å². The van der Waals surface area contributed by atoms with E-state index in [1.54, 1.807) is 30.3 Å². The maximum absolute atomic E-state index is 13.0. The molecule has 1 fully saturated rings. The van der Waals surface area contributed by atoms with Crippen molar-refractivity contribution in [2.75, 3.05) is 18.5 Å². The van der Waals surface area contributed by atoms with Crippen LogP contribution in [0, 0.1) is 0 Å². The van der Waals surface area contributed by atoms with Crippen LogP contribution >= 0.6 is 0 Å². The summed E-state index contributed by atoms with van der Waals surface area (Å²) in [5.41, 5.74) is 2.36. The monoisotopic (exact) mass is 356 g/mol. The zero-order chi connectivity index (χ0) is 17.6. The van der Waals surface area contributed by atoms with Crippen molar-refractivity contribution in [1.29, 1.82) is 0 Å². The number of likely N-dealkylation sites (N-methyl/N-ethyl adjacent to an activating group) is 1. The fourth-order valence-electron chi connectivity index (χ4n) is 4.31. The Bertz CT molecular complexity index is 880. The van der Waals surface area contributed by atoms with Crippen molar-refractivity contribution < 1.29 is 8.42 Å². The van der Waals surface area contributed by atoms with Gasteiger partial charge in [0.05, 0.1) is 9.79 Å². The van der Waals surface area contributed by atoms with Gasteiger partial charge in [-0.3, -0.25) is 0 Å². The number of hydrogen-bond acceptors (Lipinski definition) is 4. The Labute approximate surface area is 149 Å². The SMILES string of the molecule is CC1C[C@H]2[C@@H](CCN1)c1cc(S(=O)(=O)c3ccccc3)ccc1N2C. The third-order valence-electron chi connectivity index (χ3n) is 5.65. The lowest BCUT2D eigenvalue weighted by molar-refractivity contribution is 0.487. The first-order chi connectivity index (χ1) is 12.0. The molecule has 0 amide bonds. The highest BCUT2D eigenvalue weighted by atomic mass is 32.2. The molecule has 2 heterocycles. The Balaban J connectivity index is 1.77. The Kier molecular flexibility index (Phi) is 4.08. The van der Waals surface area contributed by atoms with Crippen molar-refractivity contribution in [2.24, 2.45) is 0 Å². The van der Waals surface area contributed by atoms with Crippen molar-refractivity contribution in [3.05, 3.63) is 54.1 Å². The van der Waals surface area contributed by atoms with Gasteiger partial charge in [0.15, 0.2) is 0 Å². The first-order valence-corrected chi connectivity index (χ1v) is 10.4. The van der Waals surface area contributed by atoms with Crippen LogP contribution in [-0.2, 0) is 9.84 Å². The third kappa shape index (κ3) is 2.75. The highest BCUT2D eigenvalue weighted by molar-refractivity contribution is 7.91. The summed E-state index contributed by atoms with van der Waals surface area (Å²) >= 11 is 0. The largest absolute Gasteiger partial charge is 0.371 e. The number of hydrogen-bond donors (Lipinski definition) is 1. The fourth-order valence-corrected chi connectivity index (χ4v) is 5.63. The molecule has 25 heavy (non-hydrogen) atoms. The Morgan fingerprint density at radius 2 is 1.84 bits per heavy atom. The van der Waals surface area contributed by atoms with Crippen LogP contribution in [0.1, 0.15) is 31.2 Å². The molecule has 0 spiro atoms. The van der Waals surface area contributed by atoms with Gasteiger partial charge in [-0.15, -0.1) is 0 Å². The van der Waals surface area contributed by atoms with E-state index in [0.717, 1.165) is 19.4 Å². The minimum Gasteiger partial charge on any atom is -0.371 e. The van der Waals surface area contributed by atoms with Crippen molar-refractivity contribution in [1.82, 2.24) is 5.32 Å². The first-order valence-electron chi connectivity index (χ1n) is 8.89. The summed E-state index contributed by atoms with van der Waals surface area (Å²) in [5, 5.41) is 3.55. The lowest BCUT2D eigenvalue weighted by atomic mass is 9.90. The summed E-state index contributed by atoms with van der Waals surface area (Å²) in [4.78, 5) is 3.09. The Morgan fingerprint density at radius 3 is 2.60 bits per heavy atom. The molecule has 5 heteroatoms. The van der Waals surface area contributed by atoms with Crippen LogP contribution in [0.4, 0.5) is 5.69 Å². The molecular weight excluding hydrogens is 332 g/mol.